The molecule has 232 valence electrons. The fraction of sp³-hybridized carbons (Fsp3) is 0.562. The number of nitrogens with zero attached hydrogens (tertiary/aromatic N) is 4. The van der Waals surface area contributed by atoms with E-state index in [-0.39, 0.29) is 5.91 Å². The maximum atomic E-state index is 12.1. The zero-order valence-corrected chi connectivity index (χ0v) is 26.5. The predicted octanol–water partition coefficient (Wildman–Crippen LogP) is 4.95. The van der Waals surface area contributed by atoms with Gasteiger partial charge in [0.1, 0.15) is 11.9 Å². The number of carbonyl (C=O) groups excluding carboxylic acids is 1. The molecule has 0 aliphatic carbocycles. The number of hydrogen-bond acceptors (Lipinski definition) is 7. The van der Waals surface area contributed by atoms with Crippen molar-refractivity contribution in [3.8, 4) is 0 Å². The molecule has 0 spiro atoms. The lowest BCUT2D eigenvalue weighted by Crippen LogP contribution is -2.39. The van der Waals surface area contributed by atoms with E-state index in [1.165, 1.54) is 12.5 Å². The van der Waals surface area contributed by atoms with Crippen molar-refractivity contribution >= 4 is 34.4 Å². The summed E-state index contributed by atoms with van der Waals surface area (Å²) in [5.74, 6) is 1.36. The number of amides is 1. The number of para-hydroxylation sites is 1. The molecule has 3 aromatic rings. The first kappa shape index (κ1) is 34.5. The molecule has 0 radical (unpaired) electrons. The molecule has 10 nitrogen and oxygen atoms in total. The van der Waals surface area contributed by atoms with Crippen molar-refractivity contribution in [1.29, 1.82) is 0 Å². The topological polar surface area (TPSA) is 124 Å². The molecule has 3 rings (SSSR count). The van der Waals surface area contributed by atoms with Crippen molar-refractivity contribution < 1.29 is 14.7 Å². The number of carboxylic acids is 1. The van der Waals surface area contributed by atoms with Gasteiger partial charge in [0.15, 0.2) is 5.82 Å². The summed E-state index contributed by atoms with van der Waals surface area (Å²) in [4.78, 5) is 30.4. The van der Waals surface area contributed by atoms with E-state index in [0.717, 1.165) is 60.6 Å². The Kier molecular flexibility index (Phi) is 14.8. The average molecular weight is 582 g/mol. The van der Waals surface area contributed by atoms with Gasteiger partial charge in [0.25, 0.3) is 0 Å². The highest BCUT2D eigenvalue weighted by atomic mass is 16.4. The number of hydrogen-bond donors (Lipinski definition) is 4. The number of unbranched alkanes of at least 4 members (excludes halogenated alkanes) is 1. The van der Waals surface area contributed by atoms with Gasteiger partial charge in [-0.25, -0.2) is 9.78 Å². The highest BCUT2D eigenvalue weighted by Gasteiger charge is 2.21. The summed E-state index contributed by atoms with van der Waals surface area (Å²) < 4.78 is 1.75. The van der Waals surface area contributed by atoms with Crippen molar-refractivity contribution in [1.82, 2.24) is 25.0 Å². The van der Waals surface area contributed by atoms with E-state index in [1.807, 2.05) is 38.4 Å². The molecule has 2 aromatic heterocycles. The quantitative estimate of drug-likeness (QED) is 0.175. The standard InChI is InChI=1S/C28H41N7O3.C4H10/c1-5-21-13-14-22(31-26(21)29-3)10-8-9-17-35(19-16-30-20(2)36)18-15-24(28(37)38)32-27-23-11-6-7-12-25(23)34(4)33-27;1-4(2)3/h6-7,11-14,24H,5,8-10,15-19H2,1-4H3,(H,29,31)(H,30,36)(H,32,33)(H,37,38);4H,1-3H3. The van der Waals surface area contributed by atoms with Crippen molar-refractivity contribution in [2.24, 2.45) is 13.0 Å². The summed E-state index contributed by atoms with van der Waals surface area (Å²) in [6.07, 6.45) is 4.15. The molecule has 1 amide bonds. The molecule has 10 heteroatoms. The Hall–Kier alpha value is -3.66. The van der Waals surface area contributed by atoms with Gasteiger partial charge in [-0.2, -0.15) is 5.10 Å². The number of nitrogens with one attached hydrogen (secondary N) is 3. The predicted molar refractivity (Wildman–Crippen MR) is 172 cm³/mol. The molecule has 1 aromatic carbocycles. The van der Waals surface area contributed by atoms with E-state index >= 15 is 0 Å². The largest absolute Gasteiger partial charge is 0.480 e. The van der Waals surface area contributed by atoms with Crippen LogP contribution in [0.25, 0.3) is 10.9 Å². The van der Waals surface area contributed by atoms with Crippen LogP contribution in [0.3, 0.4) is 0 Å². The number of pyridine rings is 1. The van der Waals surface area contributed by atoms with Crippen LogP contribution < -0.4 is 16.0 Å². The van der Waals surface area contributed by atoms with Crippen LogP contribution in [0.2, 0.25) is 0 Å². The molecule has 0 saturated carbocycles. The Labute approximate surface area is 251 Å². The molecule has 1 unspecified atom stereocenters. The van der Waals surface area contributed by atoms with Crippen LogP contribution in [0.4, 0.5) is 11.6 Å². The van der Waals surface area contributed by atoms with E-state index in [1.54, 1.807) is 4.68 Å². The maximum absolute atomic E-state index is 12.1. The Morgan fingerprint density at radius 3 is 2.38 bits per heavy atom. The van der Waals surface area contributed by atoms with E-state index in [0.29, 0.717) is 31.9 Å². The molecule has 0 aliphatic heterocycles. The number of carbonyl (C=O) groups is 2. The Morgan fingerprint density at radius 1 is 1.02 bits per heavy atom. The third-order valence-corrected chi connectivity index (χ3v) is 6.71. The summed E-state index contributed by atoms with van der Waals surface area (Å²) in [6.45, 7) is 12.7. The zero-order valence-electron chi connectivity index (χ0n) is 26.5. The average Bonchev–Trinajstić information content (AvgIpc) is 3.26. The number of aromatic nitrogens is 3. The van der Waals surface area contributed by atoms with Gasteiger partial charge in [0, 0.05) is 51.7 Å². The van der Waals surface area contributed by atoms with Gasteiger partial charge in [-0.05, 0) is 68.3 Å². The second-order valence-electron chi connectivity index (χ2n) is 11.2. The van der Waals surface area contributed by atoms with Crippen molar-refractivity contribution in [2.75, 3.05) is 43.9 Å². The molecule has 0 fully saturated rings. The minimum atomic E-state index is -0.913. The van der Waals surface area contributed by atoms with E-state index in [4.69, 9.17) is 4.98 Å². The third kappa shape index (κ3) is 11.7. The van der Waals surface area contributed by atoms with Crippen LogP contribution >= 0.6 is 0 Å². The smallest absolute Gasteiger partial charge is 0.326 e. The number of aliphatic carboxylic acids is 1. The van der Waals surface area contributed by atoms with Gasteiger partial charge in [-0.15, -0.1) is 0 Å². The minimum Gasteiger partial charge on any atom is -0.480 e. The third-order valence-electron chi connectivity index (χ3n) is 6.71. The summed E-state index contributed by atoms with van der Waals surface area (Å²) in [6, 6.07) is 11.2. The second-order valence-corrected chi connectivity index (χ2v) is 11.2. The fourth-order valence-electron chi connectivity index (χ4n) is 4.59. The number of rotatable bonds is 16. The second kappa shape index (κ2) is 18.0. The summed E-state index contributed by atoms with van der Waals surface area (Å²) in [5, 5.41) is 24.5. The molecule has 2 heterocycles. The van der Waals surface area contributed by atoms with Crippen molar-refractivity contribution in [3.05, 3.63) is 47.7 Å². The molecule has 0 bridgehead atoms. The number of aryl methyl sites for hydroxylation is 3. The van der Waals surface area contributed by atoms with Gasteiger partial charge in [0.05, 0.1) is 5.52 Å². The van der Waals surface area contributed by atoms with Crippen LogP contribution in [-0.4, -0.2) is 75.9 Å². The van der Waals surface area contributed by atoms with Crippen LogP contribution in [0.1, 0.15) is 65.1 Å². The Balaban J connectivity index is 0.00000144. The van der Waals surface area contributed by atoms with Crippen molar-refractivity contribution in [3.63, 3.8) is 0 Å². The zero-order chi connectivity index (χ0) is 31.1. The molecular weight excluding hydrogens is 530 g/mol. The highest BCUT2D eigenvalue weighted by molar-refractivity contribution is 5.91. The Morgan fingerprint density at radius 2 is 1.74 bits per heavy atom. The minimum absolute atomic E-state index is 0.0704. The Bertz CT molecular complexity index is 1260. The van der Waals surface area contributed by atoms with E-state index in [9.17, 15) is 14.7 Å². The lowest BCUT2D eigenvalue weighted by molar-refractivity contribution is -0.138. The molecule has 42 heavy (non-hydrogen) atoms. The normalized spacial score (nSPS) is 11.7. The fourth-order valence-corrected chi connectivity index (χ4v) is 4.59. The summed E-state index contributed by atoms with van der Waals surface area (Å²) in [5.41, 5.74) is 3.21. The SMILES string of the molecule is CC(C)C.CCc1ccc(CCCCN(CCNC(C)=O)CCC(Nc2nn(C)c3ccccc23)C(=O)O)nc1NC. The molecule has 1 atom stereocenters. The molecule has 4 N–H and O–H groups in total. The maximum Gasteiger partial charge on any atom is 0.326 e. The van der Waals surface area contributed by atoms with Crippen LogP contribution in [-0.2, 0) is 29.5 Å². The lowest BCUT2D eigenvalue weighted by Gasteiger charge is -2.24. The molecular formula is C32H51N7O3. The number of fused-ring (bicyclic) bond motifs is 1. The monoisotopic (exact) mass is 581 g/mol. The van der Waals surface area contributed by atoms with Gasteiger partial charge < -0.3 is 26.0 Å². The van der Waals surface area contributed by atoms with E-state index in [2.05, 4.69) is 65.8 Å². The summed E-state index contributed by atoms with van der Waals surface area (Å²) >= 11 is 0. The van der Waals surface area contributed by atoms with Crippen LogP contribution in [0.15, 0.2) is 36.4 Å². The first-order valence-electron chi connectivity index (χ1n) is 15.1. The lowest BCUT2D eigenvalue weighted by atomic mass is 10.1. The van der Waals surface area contributed by atoms with Crippen molar-refractivity contribution in [2.45, 2.75) is 72.8 Å². The van der Waals surface area contributed by atoms with E-state index < -0.39 is 12.0 Å². The first-order valence-corrected chi connectivity index (χ1v) is 15.1. The van der Waals surface area contributed by atoms with Gasteiger partial charge in [0.2, 0.25) is 5.91 Å². The van der Waals surface area contributed by atoms with Gasteiger partial charge >= 0.3 is 5.97 Å². The number of benzene rings is 1. The first-order chi connectivity index (χ1) is 20.0. The number of carboxylic acid groups (broad SMARTS) is 1. The van der Waals surface area contributed by atoms with Gasteiger partial charge in [-0.1, -0.05) is 45.9 Å². The highest BCUT2D eigenvalue weighted by Crippen LogP contribution is 2.23. The van der Waals surface area contributed by atoms with Crippen LogP contribution in [0.5, 0.6) is 0 Å². The number of anilines is 2. The van der Waals surface area contributed by atoms with Gasteiger partial charge in [-0.3, -0.25) is 9.48 Å². The molecule has 0 aliphatic rings. The van der Waals surface area contributed by atoms with Crippen LogP contribution in [0, 0.1) is 5.92 Å². The summed E-state index contributed by atoms with van der Waals surface area (Å²) in [7, 11) is 3.74. The molecule has 0 saturated heterocycles.